The van der Waals surface area contributed by atoms with Crippen molar-refractivity contribution in [3.8, 4) is 0 Å². The molecule has 118 valence electrons. The topological polar surface area (TPSA) is 52.6 Å². The van der Waals surface area contributed by atoms with Crippen LogP contribution < -0.4 is 10.2 Å². The average Bonchev–Trinajstić information content (AvgIpc) is 2.50. The monoisotopic (exact) mass is 310 g/mol. The minimum Gasteiger partial charge on any atom is -0.395 e. The van der Waals surface area contributed by atoms with Crippen LogP contribution in [0, 0.1) is 0 Å². The molecule has 0 aliphatic rings. The number of anilines is 1. The van der Waals surface area contributed by atoms with Gasteiger partial charge in [0, 0.05) is 35.6 Å². The van der Waals surface area contributed by atoms with Crippen LogP contribution >= 0.6 is 11.8 Å². The smallest absolute Gasteiger partial charge is 0.251 e. The number of carbonyl (C=O) groups excluding carboxylic acids is 1. The van der Waals surface area contributed by atoms with Gasteiger partial charge in [-0.25, -0.2) is 0 Å². The molecule has 0 spiro atoms. The molecule has 0 heterocycles. The lowest BCUT2D eigenvalue weighted by Crippen LogP contribution is -2.41. The number of aliphatic hydroxyl groups is 1. The van der Waals surface area contributed by atoms with E-state index in [0.29, 0.717) is 5.56 Å². The maximum atomic E-state index is 12.2. The van der Waals surface area contributed by atoms with Crippen molar-refractivity contribution in [1.82, 2.24) is 5.32 Å². The fraction of sp³-hybridized carbons (Fsp3) is 0.562. The van der Waals surface area contributed by atoms with E-state index in [2.05, 4.69) is 24.1 Å². The van der Waals surface area contributed by atoms with E-state index in [9.17, 15) is 9.90 Å². The van der Waals surface area contributed by atoms with E-state index in [-0.39, 0.29) is 23.8 Å². The van der Waals surface area contributed by atoms with E-state index in [1.165, 1.54) is 0 Å². The summed E-state index contributed by atoms with van der Waals surface area (Å²) in [5.41, 5.74) is 1.78. The van der Waals surface area contributed by atoms with Crippen molar-refractivity contribution in [2.24, 2.45) is 0 Å². The van der Waals surface area contributed by atoms with Crippen LogP contribution in [-0.2, 0) is 0 Å². The molecule has 5 heteroatoms. The summed E-state index contributed by atoms with van der Waals surface area (Å²) in [4.78, 5) is 14.4. The lowest BCUT2D eigenvalue weighted by Gasteiger charge is -2.22. The SMILES string of the molecule is CCN(CC)c1ccc(C(=O)NC(C)C(CO)SC)cc1. The van der Waals surface area contributed by atoms with Gasteiger partial charge >= 0.3 is 0 Å². The van der Waals surface area contributed by atoms with Gasteiger partial charge in [-0.3, -0.25) is 4.79 Å². The predicted molar refractivity (Wildman–Crippen MR) is 91.3 cm³/mol. The number of nitrogens with one attached hydrogen (secondary N) is 1. The molecule has 0 saturated carbocycles. The number of thioether (sulfide) groups is 1. The van der Waals surface area contributed by atoms with Crippen LogP contribution in [-0.4, -0.2) is 48.3 Å². The highest BCUT2D eigenvalue weighted by molar-refractivity contribution is 7.99. The van der Waals surface area contributed by atoms with E-state index in [1.54, 1.807) is 11.8 Å². The molecule has 0 bridgehead atoms. The van der Waals surface area contributed by atoms with Crippen LogP contribution in [0.2, 0.25) is 0 Å². The van der Waals surface area contributed by atoms with Gasteiger partial charge in [0.2, 0.25) is 0 Å². The average molecular weight is 310 g/mol. The van der Waals surface area contributed by atoms with Crippen molar-refractivity contribution in [2.75, 3.05) is 30.9 Å². The van der Waals surface area contributed by atoms with Crippen LogP contribution in [0.1, 0.15) is 31.1 Å². The number of carbonyl (C=O) groups is 1. The van der Waals surface area contributed by atoms with Crippen LogP contribution in [0.3, 0.4) is 0 Å². The first-order chi connectivity index (χ1) is 10.1. The van der Waals surface area contributed by atoms with Gasteiger partial charge < -0.3 is 15.3 Å². The quantitative estimate of drug-likeness (QED) is 0.774. The Hall–Kier alpha value is -1.20. The third-order valence-corrected chi connectivity index (χ3v) is 4.82. The third kappa shape index (κ3) is 4.93. The van der Waals surface area contributed by atoms with Gasteiger partial charge in [-0.1, -0.05) is 0 Å². The van der Waals surface area contributed by atoms with E-state index >= 15 is 0 Å². The summed E-state index contributed by atoms with van der Waals surface area (Å²) in [6.07, 6.45) is 1.93. The standard InChI is InChI=1S/C16H26N2O2S/c1-5-18(6-2)14-9-7-13(8-10-14)16(20)17-12(3)15(11-19)21-4/h7-10,12,15,19H,5-6,11H2,1-4H3,(H,17,20). The normalized spacial score (nSPS) is 13.6. The number of rotatable bonds is 8. The Morgan fingerprint density at radius 2 is 1.86 bits per heavy atom. The molecule has 0 aliphatic heterocycles. The number of nitrogens with zero attached hydrogens (tertiary/aromatic N) is 1. The number of hydrogen-bond acceptors (Lipinski definition) is 4. The maximum absolute atomic E-state index is 12.2. The zero-order valence-electron chi connectivity index (χ0n) is 13.3. The van der Waals surface area contributed by atoms with Crippen LogP contribution in [0.5, 0.6) is 0 Å². The second-order valence-corrected chi connectivity index (χ2v) is 6.01. The molecular formula is C16H26N2O2S. The summed E-state index contributed by atoms with van der Waals surface area (Å²) in [6.45, 7) is 8.10. The Balaban J connectivity index is 2.71. The minimum atomic E-state index is -0.0962. The van der Waals surface area contributed by atoms with Crippen molar-refractivity contribution in [3.05, 3.63) is 29.8 Å². The van der Waals surface area contributed by atoms with Gasteiger partial charge in [-0.15, -0.1) is 0 Å². The van der Waals surface area contributed by atoms with Crippen molar-refractivity contribution >= 4 is 23.4 Å². The van der Waals surface area contributed by atoms with E-state index in [1.807, 2.05) is 37.4 Å². The maximum Gasteiger partial charge on any atom is 0.251 e. The van der Waals surface area contributed by atoms with Crippen LogP contribution in [0.25, 0.3) is 0 Å². The van der Waals surface area contributed by atoms with Gasteiger partial charge in [-0.05, 0) is 51.3 Å². The molecular weight excluding hydrogens is 284 g/mol. The Morgan fingerprint density at radius 1 is 1.29 bits per heavy atom. The third-order valence-electron chi connectivity index (χ3n) is 3.66. The van der Waals surface area contributed by atoms with Crippen LogP contribution in [0.4, 0.5) is 5.69 Å². The molecule has 1 rings (SSSR count). The van der Waals surface area contributed by atoms with Crippen LogP contribution in [0.15, 0.2) is 24.3 Å². The van der Waals surface area contributed by atoms with E-state index in [0.717, 1.165) is 18.8 Å². The Bertz CT molecular complexity index is 428. The molecule has 1 amide bonds. The van der Waals surface area contributed by atoms with E-state index in [4.69, 9.17) is 0 Å². The zero-order chi connectivity index (χ0) is 15.8. The molecule has 0 aromatic heterocycles. The molecule has 0 aliphatic carbocycles. The first kappa shape index (κ1) is 17.9. The first-order valence-corrected chi connectivity index (χ1v) is 8.65. The van der Waals surface area contributed by atoms with Gasteiger partial charge in [0.25, 0.3) is 5.91 Å². The molecule has 21 heavy (non-hydrogen) atoms. The highest BCUT2D eigenvalue weighted by Crippen LogP contribution is 2.16. The van der Waals surface area contributed by atoms with Crippen molar-refractivity contribution in [3.63, 3.8) is 0 Å². The highest BCUT2D eigenvalue weighted by atomic mass is 32.2. The predicted octanol–water partition coefficient (Wildman–Crippen LogP) is 2.38. The second kappa shape index (κ2) is 8.95. The summed E-state index contributed by atoms with van der Waals surface area (Å²) in [5, 5.41) is 12.2. The summed E-state index contributed by atoms with van der Waals surface area (Å²) >= 11 is 1.56. The van der Waals surface area contributed by atoms with Crippen molar-refractivity contribution < 1.29 is 9.90 Å². The molecule has 1 aromatic carbocycles. The summed E-state index contributed by atoms with van der Waals surface area (Å²) in [7, 11) is 0. The molecule has 2 atom stereocenters. The molecule has 4 nitrogen and oxygen atoms in total. The van der Waals surface area contributed by atoms with Crippen molar-refractivity contribution in [1.29, 1.82) is 0 Å². The molecule has 1 aromatic rings. The first-order valence-electron chi connectivity index (χ1n) is 7.36. The lowest BCUT2D eigenvalue weighted by atomic mass is 10.1. The second-order valence-electron chi connectivity index (χ2n) is 4.94. The van der Waals surface area contributed by atoms with Gasteiger partial charge in [-0.2, -0.15) is 11.8 Å². The largest absolute Gasteiger partial charge is 0.395 e. The zero-order valence-corrected chi connectivity index (χ0v) is 14.1. The number of hydrogen-bond donors (Lipinski definition) is 2. The molecule has 2 unspecified atom stereocenters. The molecule has 0 saturated heterocycles. The highest BCUT2D eigenvalue weighted by Gasteiger charge is 2.18. The molecule has 0 fully saturated rings. The fourth-order valence-electron chi connectivity index (χ4n) is 2.23. The van der Waals surface area contributed by atoms with Crippen molar-refractivity contribution in [2.45, 2.75) is 32.1 Å². The van der Waals surface area contributed by atoms with Gasteiger partial charge in [0.15, 0.2) is 0 Å². The number of amides is 1. The summed E-state index contributed by atoms with van der Waals surface area (Å²) < 4.78 is 0. The number of aliphatic hydroxyl groups excluding tert-OH is 1. The molecule has 0 radical (unpaired) electrons. The lowest BCUT2D eigenvalue weighted by molar-refractivity contribution is 0.0936. The molecule has 2 N–H and O–H groups in total. The Morgan fingerprint density at radius 3 is 2.29 bits per heavy atom. The Kier molecular flexibility index (Phi) is 7.61. The fourth-order valence-corrected chi connectivity index (χ4v) is 2.86. The Labute approximate surface area is 131 Å². The summed E-state index contributed by atoms with van der Waals surface area (Å²) in [6, 6.07) is 7.58. The summed E-state index contributed by atoms with van der Waals surface area (Å²) in [5.74, 6) is -0.0962. The minimum absolute atomic E-state index is 0.0175. The van der Waals surface area contributed by atoms with E-state index < -0.39 is 0 Å². The number of benzene rings is 1. The van der Waals surface area contributed by atoms with Gasteiger partial charge in [0.1, 0.15) is 0 Å². The van der Waals surface area contributed by atoms with Gasteiger partial charge in [0.05, 0.1) is 6.61 Å².